The van der Waals surface area contributed by atoms with E-state index in [1.54, 1.807) is 12.1 Å². The number of nitrogens with zero attached hydrogens (tertiary/aromatic N) is 2. The first kappa shape index (κ1) is 24.5. The second-order valence-electron chi connectivity index (χ2n) is 11.1. The molecule has 0 bridgehead atoms. The minimum Gasteiger partial charge on any atom is -0.444 e. The number of rotatable bonds is 6. The van der Waals surface area contributed by atoms with E-state index in [1.165, 1.54) is 11.0 Å². The average Bonchev–Trinajstić information content (AvgIpc) is 3.13. The summed E-state index contributed by atoms with van der Waals surface area (Å²) >= 11 is 0. The number of ether oxygens (including phenoxy) is 2. The molecule has 2 N–H and O–H groups in total. The molecule has 1 saturated carbocycles. The number of aliphatic hydroxyl groups is 1. The lowest BCUT2D eigenvalue weighted by Crippen LogP contribution is -2.51. The summed E-state index contributed by atoms with van der Waals surface area (Å²) < 4.78 is 26.7. The van der Waals surface area contributed by atoms with Crippen LogP contribution in [0.4, 0.5) is 25.4 Å². The van der Waals surface area contributed by atoms with Crippen molar-refractivity contribution in [2.45, 2.75) is 45.1 Å². The van der Waals surface area contributed by atoms with Crippen LogP contribution in [-0.4, -0.2) is 61.3 Å². The van der Waals surface area contributed by atoms with Gasteiger partial charge in [-0.15, -0.1) is 0 Å². The van der Waals surface area contributed by atoms with Crippen LogP contribution >= 0.6 is 0 Å². The summed E-state index contributed by atoms with van der Waals surface area (Å²) in [5, 5.41) is 12.3. The van der Waals surface area contributed by atoms with Gasteiger partial charge >= 0.3 is 12.2 Å². The Morgan fingerprint density at radius 2 is 1.89 bits per heavy atom. The Kier molecular flexibility index (Phi) is 6.16. The molecule has 3 aliphatic rings. The van der Waals surface area contributed by atoms with Crippen molar-refractivity contribution in [2.75, 3.05) is 31.1 Å². The number of carbonyl (C=O) groups excluding carboxylic acids is 2. The highest BCUT2D eigenvalue weighted by Crippen LogP contribution is 2.52. The summed E-state index contributed by atoms with van der Waals surface area (Å²) in [5.74, 6) is 0.0833. The molecule has 2 saturated heterocycles. The number of anilines is 1. The molecule has 0 radical (unpaired) electrons. The van der Waals surface area contributed by atoms with Gasteiger partial charge < -0.3 is 19.9 Å². The van der Waals surface area contributed by atoms with Crippen LogP contribution in [0.25, 0.3) is 0 Å². The fraction of sp³-hybridized carbons (Fsp3) is 0.481. The molecular formula is C27H33FN3O5+. The number of amides is 2. The van der Waals surface area contributed by atoms with E-state index in [0.29, 0.717) is 35.5 Å². The topological polar surface area (TPSA) is 88.1 Å². The van der Waals surface area contributed by atoms with Gasteiger partial charge in [-0.05, 0) is 26.8 Å². The van der Waals surface area contributed by atoms with Crippen molar-refractivity contribution < 1.29 is 28.6 Å². The van der Waals surface area contributed by atoms with Crippen LogP contribution < -0.4 is 14.7 Å². The smallest absolute Gasteiger partial charge is 0.414 e. The maximum atomic E-state index is 15.7. The Bertz CT molecular complexity index is 1140. The van der Waals surface area contributed by atoms with Gasteiger partial charge in [0, 0.05) is 35.6 Å². The number of halogens is 1. The van der Waals surface area contributed by atoms with Gasteiger partial charge in [-0.1, -0.05) is 30.3 Å². The van der Waals surface area contributed by atoms with Crippen molar-refractivity contribution in [1.82, 2.24) is 9.80 Å². The number of alkyl carbamates (subject to hydrolysis) is 1. The van der Waals surface area contributed by atoms with E-state index in [0.717, 1.165) is 5.56 Å². The predicted molar refractivity (Wildman–Crippen MR) is 133 cm³/mol. The van der Waals surface area contributed by atoms with Gasteiger partial charge in [-0.2, -0.15) is 0 Å². The minimum absolute atomic E-state index is 0.0268. The Balaban J connectivity index is 1.37. The number of aliphatic hydroxyl groups excluding tert-OH is 1. The fourth-order valence-corrected chi connectivity index (χ4v) is 5.70. The number of benzene rings is 2. The second kappa shape index (κ2) is 9.05. The Morgan fingerprint density at radius 3 is 2.47 bits per heavy atom. The molecule has 192 valence electrons. The lowest BCUT2D eigenvalue weighted by Gasteiger charge is -2.37. The SMILES string of the molecule is CC(C)(C)OC(=O)NC1[C@H]2C[N+](Cc3ccccc3)(c3ccc(N4C[C@H](CO)OC4=O)cc3F)C[C@@H]12. The zero-order valence-corrected chi connectivity index (χ0v) is 20.8. The largest absolute Gasteiger partial charge is 0.444 e. The Hall–Kier alpha value is -3.17. The monoisotopic (exact) mass is 498 g/mol. The van der Waals surface area contributed by atoms with Crippen LogP contribution in [0, 0.1) is 17.7 Å². The number of fused-ring (bicyclic) bond motifs is 1. The highest BCUT2D eigenvalue weighted by Gasteiger charge is 2.65. The molecule has 2 aromatic rings. The maximum absolute atomic E-state index is 15.7. The third-order valence-electron chi connectivity index (χ3n) is 7.30. The van der Waals surface area contributed by atoms with Gasteiger partial charge in [-0.3, -0.25) is 9.38 Å². The summed E-state index contributed by atoms with van der Waals surface area (Å²) in [6, 6.07) is 14.9. The third-order valence-corrected chi connectivity index (χ3v) is 7.30. The number of nitrogens with one attached hydrogen (secondary N) is 1. The molecule has 2 unspecified atom stereocenters. The van der Waals surface area contributed by atoms with Gasteiger partial charge in [0.2, 0.25) is 0 Å². The number of carbonyl (C=O) groups is 2. The number of quaternary nitrogens is 1. The zero-order chi connectivity index (χ0) is 25.7. The molecular weight excluding hydrogens is 465 g/mol. The van der Waals surface area contributed by atoms with E-state index < -0.39 is 23.9 Å². The molecule has 0 aromatic heterocycles. The van der Waals surface area contributed by atoms with Gasteiger partial charge in [0.25, 0.3) is 0 Å². The fourth-order valence-electron chi connectivity index (χ4n) is 5.70. The molecule has 2 aromatic carbocycles. The molecule has 36 heavy (non-hydrogen) atoms. The van der Waals surface area contributed by atoms with E-state index >= 15 is 4.39 Å². The summed E-state index contributed by atoms with van der Waals surface area (Å²) in [6.07, 6.45) is -1.62. The first-order chi connectivity index (χ1) is 17.1. The Labute approximate surface area is 210 Å². The average molecular weight is 499 g/mol. The molecule has 2 aliphatic heterocycles. The van der Waals surface area contributed by atoms with Gasteiger partial charge in [0.15, 0.2) is 11.5 Å². The third kappa shape index (κ3) is 4.77. The van der Waals surface area contributed by atoms with E-state index in [2.05, 4.69) is 5.32 Å². The lowest BCUT2D eigenvalue weighted by atomic mass is 10.1. The number of hydrogen-bond acceptors (Lipinski definition) is 5. The van der Waals surface area contributed by atoms with Crippen molar-refractivity contribution in [1.29, 1.82) is 0 Å². The molecule has 9 heteroatoms. The van der Waals surface area contributed by atoms with E-state index in [9.17, 15) is 14.7 Å². The number of likely N-dealkylation sites (tertiary alicyclic amines) is 1. The zero-order valence-electron chi connectivity index (χ0n) is 20.8. The van der Waals surface area contributed by atoms with Crippen LogP contribution in [0.15, 0.2) is 48.5 Å². The first-order valence-electron chi connectivity index (χ1n) is 12.4. The van der Waals surface area contributed by atoms with Crippen LogP contribution in [0.3, 0.4) is 0 Å². The number of piperidine rings is 1. The van der Waals surface area contributed by atoms with Crippen molar-refractivity contribution in [2.24, 2.45) is 11.8 Å². The van der Waals surface area contributed by atoms with Crippen LogP contribution in [0.1, 0.15) is 26.3 Å². The van der Waals surface area contributed by atoms with Gasteiger partial charge in [0.05, 0.1) is 31.9 Å². The maximum Gasteiger partial charge on any atom is 0.414 e. The van der Waals surface area contributed by atoms with Crippen molar-refractivity contribution in [3.8, 4) is 0 Å². The van der Waals surface area contributed by atoms with E-state index in [4.69, 9.17) is 9.47 Å². The standard InChI is InChI=1S/C27H32FN3O5/c1-27(2,3)36-25(33)29-24-20-14-31(15-21(20)24,13-17-7-5-4-6-8-17)23-10-9-18(11-22(23)28)30-12-19(16-32)35-26(30)34/h4-11,19-21,24,32H,12-16H2,1-3H3/p+1/t19-,20-,21+,24?,31?/m1/s1. The first-order valence-corrected chi connectivity index (χ1v) is 12.4. The summed E-state index contributed by atoms with van der Waals surface area (Å²) in [7, 11) is 0. The molecule has 0 spiro atoms. The minimum atomic E-state index is -0.614. The molecule has 2 heterocycles. The number of cyclic esters (lactones) is 1. The van der Waals surface area contributed by atoms with Gasteiger partial charge in [-0.25, -0.2) is 14.0 Å². The summed E-state index contributed by atoms with van der Waals surface area (Å²) in [4.78, 5) is 25.8. The van der Waals surface area contributed by atoms with Gasteiger partial charge in [0.1, 0.15) is 18.2 Å². The number of hydrogen-bond donors (Lipinski definition) is 2. The Morgan fingerprint density at radius 1 is 1.19 bits per heavy atom. The van der Waals surface area contributed by atoms with Crippen LogP contribution in [0.2, 0.25) is 0 Å². The molecule has 5 atom stereocenters. The van der Waals surface area contributed by atoms with Crippen molar-refractivity contribution >= 4 is 23.6 Å². The highest BCUT2D eigenvalue weighted by molar-refractivity contribution is 5.90. The molecule has 5 rings (SSSR count). The predicted octanol–water partition coefficient (Wildman–Crippen LogP) is 3.80. The van der Waals surface area contributed by atoms with Crippen molar-refractivity contribution in [3.05, 3.63) is 59.9 Å². The lowest BCUT2D eigenvalue weighted by molar-refractivity contribution is 0.0513. The molecule has 2 amide bonds. The summed E-state index contributed by atoms with van der Waals surface area (Å²) in [5.41, 5.74) is 1.51. The quantitative estimate of drug-likeness (QED) is 0.592. The van der Waals surface area contributed by atoms with E-state index in [-0.39, 0.29) is 36.8 Å². The highest BCUT2D eigenvalue weighted by atomic mass is 19.1. The molecule has 8 nitrogen and oxygen atoms in total. The summed E-state index contributed by atoms with van der Waals surface area (Å²) in [6.45, 7) is 7.41. The van der Waals surface area contributed by atoms with E-state index in [1.807, 2.05) is 51.1 Å². The van der Waals surface area contributed by atoms with Crippen molar-refractivity contribution in [3.63, 3.8) is 0 Å². The molecule has 1 aliphatic carbocycles. The van der Waals surface area contributed by atoms with Crippen LogP contribution in [0.5, 0.6) is 0 Å². The van der Waals surface area contributed by atoms with Crippen LogP contribution in [-0.2, 0) is 16.0 Å². The molecule has 3 fully saturated rings. The second-order valence-corrected chi connectivity index (χ2v) is 11.1. The normalized spacial score (nSPS) is 29.0.